The molecule has 0 fully saturated rings. The predicted molar refractivity (Wildman–Crippen MR) is 100 cm³/mol. The van der Waals surface area contributed by atoms with Gasteiger partial charge in [-0.15, -0.1) is 0 Å². The van der Waals surface area contributed by atoms with E-state index in [-0.39, 0.29) is 0 Å². The maximum Gasteiger partial charge on any atom is 0.124 e. The summed E-state index contributed by atoms with van der Waals surface area (Å²) in [6, 6.07) is 24.9. The van der Waals surface area contributed by atoms with Gasteiger partial charge in [-0.2, -0.15) is 0 Å². The Morgan fingerprint density at radius 3 is 2.33 bits per heavy atom. The zero-order valence-corrected chi connectivity index (χ0v) is 14.3. The average molecular weight is 317 g/mol. The molecule has 0 atom stereocenters. The molecule has 0 saturated heterocycles. The molecule has 2 nitrogen and oxygen atoms in total. The number of benzene rings is 3. The number of anilines is 1. The van der Waals surface area contributed by atoms with E-state index in [1.165, 1.54) is 16.7 Å². The third kappa shape index (κ3) is 4.17. The van der Waals surface area contributed by atoms with Crippen LogP contribution in [0.15, 0.2) is 72.8 Å². The lowest BCUT2D eigenvalue weighted by Gasteiger charge is -2.13. The molecular weight excluding hydrogens is 294 g/mol. The van der Waals surface area contributed by atoms with Gasteiger partial charge in [-0.3, -0.25) is 0 Å². The monoisotopic (exact) mass is 317 g/mol. The quantitative estimate of drug-likeness (QED) is 0.648. The summed E-state index contributed by atoms with van der Waals surface area (Å²) in [5, 5.41) is 3.49. The maximum absolute atomic E-state index is 6.01. The maximum atomic E-state index is 6.01. The van der Waals surface area contributed by atoms with Crippen LogP contribution < -0.4 is 10.1 Å². The van der Waals surface area contributed by atoms with Gasteiger partial charge in [-0.1, -0.05) is 54.6 Å². The van der Waals surface area contributed by atoms with Crippen molar-refractivity contribution in [2.24, 2.45) is 0 Å². The number of ether oxygens (including phenoxy) is 1. The van der Waals surface area contributed by atoms with Crippen LogP contribution in [-0.4, -0.2) is 0 Å². The van der Waals surface area contributed by atoms with E-state index in [4.69, 9.17) is 4.74 Å². The number of hydrogen-bond acceptors (Lipinski definition) is 2. The molecule has 0 saturated carbocycles. The number of nitrogens with one attached hydrogen (secondary N) is 1. The van der Waals surface area contributed by atoms with Gasteiger partial charge in [0.2, 0.25) is 0 Å². The highest BCUT2D eigenvalue weighted by atomic mass is 16.5. The lowest BCUT2D eigenvalue weighted by molar-refractivity contribution is 0.303. The second-order valence-corrected chi connectivity index (χ2v) is 6.03. The van der Waals surface area contributed by atoms with E-state index in [0.29, 0.717) is 6.61 Å². The van der Waals surface area contributed by atoms with Gasteiger partial charge in [0.05, 0.1) is 0 Å². The van der Waals surface area contributed by atoms with Gasteiger partial charge in [0.1, 0.15) is 12.4 Å². The summed E-state index contributed by atoms with van der Waals surface area (Å²) < 4.78 is 6.01. The molecule has 2 heteroatoms. The van der Waals surface area contributed by atoms with Crippen molar-refractivity contribution in [1.29, 1.82) is 0 Å². The van der Waals surface area contributed by atoms with Crippen molar-refractivity contribution in [1.82, 2.24) is 0 Å². The topological polar surface area (TPSA) is 21.3 Å². The highest BCUT2D eigenvalue weighted by Crippen LogP contribution is 2.21. The first-order valence-electron chi connectivity index (χ1n) is 8.28. The van der Waals surface area contributed by atoms with E-state index in [0.717, 1.165) is 23.5 Å². The summed E-state index contributed by atoms with van der Waals surface area (Å²) in [4.78, 5) is 0. The summed E-state index contributed by atoms with van der Waals surface area (Å²) in [5.74, 6) is 0.928. The standard InChI is InChI=1S/C22H23NO/c1-17-12-13-21(14-18(17)2)23-15-20-10-6-7-11-22(20)24-16-19-8-4-3-5-9-19/h3-14,23H,15-16H2,1-2H3. The van der Waals surface area contributed by atoms with Crippen LogP contribution in [0, 0.1) is 13.8 Å². The van der Waals surface area contributed by atoms with E-state index in [1.807, 2.05) is 36.4 Å². The number of para-hydroxylation sites is 1. The molecule has 1 N–H and O–H groups in total. The molecule has 3 aromatic carbocycles. The van der Waals surface area contributed by atoms with Crippen molar-refractivity contribution in [3.63, 3.8) is 0 Å². The zero-order chi connectivity index (χ0) is 16.8. The molecule has 0 aliphatic carbocycles. The molecule has 0 unspecified atom stereocenters. The largest absolute Gasteiger partial charge is 0.489 e. The molecule has 0 heterocycles. The Labute approximate surface area is 144 Å². The lowest BCUT2D eigenvalue weighted by Crippen LogP contribution is -2.04. The van der Waals surface area contributed by atoms with Crippen LogP contribution in [0.1, 0.15) is 22.3 Å². The first kappa shape index (κ1) is 16.1. The Morgan fingerprint density at radius 2 is 1.54 bits per heavy atom. The second-order valence-electron chi connectivity index (χ2n) is 6.03. The van der Waals surface area contributed by atoms with Crippen LogP contribution in [-0.2, 0) is 13.2 Å². The predicted octanol–water partition coefficient (Wildman–Crippen LogP) is 5.49. The van der Waals surface area contributed by atoms with Gasteiger partial charge in [-0.05, 0) is 48.7 Å². The molecule has 122 valence electrons. The first-order chi connectivity index (χ1) is 11.7. The van der Waals surface area contributed by atoms with Crippen molar-refractivity contribution < 1.29 is 4.74 Å². The molecule has 0 aromatic heterocycles. The molecule has 0 amide bonds. The van der Waals surface area contributed by atoms with Crippen molar-refractivity contribution in [3.8, 4) is 5.75 Å². The van der Waals surface area contributed by atoms with Crippen LogP contribution in [0.5, 0.6) is 5.75 Å². The minimum absolute atomic E-state index is 0.585. The van der Waals surface area contributed by atoms with Crippen molar-refractivity contribution in [3.05, 3.63) is 95.1 Å². The SMILES string of the molecule is Cc1ccc(NCc2ccccc2OCc2ccccc2)cc1C. The highest BCUT2D eigenvalue weighted by Gasteiger charge is 2.04. The van der Waals surface area contributed by atoms with Crippen LogP contribution in [0.3, 0.4) is 0 Å². The van der Waals surface area contributed by atoms with Gasteiger partial charge in [-0.25, -0.2) is 0 Å². The van der Waals surface area contributed by atoms with E-state index < -0.39 is 0 Å². The van der Waals surface area contributed by atoms with Gasteiger partial charge in [0.15, 0.2) is 0 Å². The fourth-order valence-corrected chi connectivity index (χ4v) is 2.57. The first-order valence-corrected chi connectivity index (χ1v) is 8.28. The summed E-state index contributed by atoms with van der Waals surface area (Å²) in [7, 11) is 0. The Kier molecular flexibility index (Phi) is 5.17. The minimum atomic E-state index is 0.585. The summed E-state index contributed by atoms with van der Waals surface area (Å²) in [5.41, 5.74) is 6.08. The average Bonchev–Trinajstić information content (AvgIpc) is 2.62. The lowest BCUT2D eigenvalue weighted by atomic mass is 10.1. The van der Waals surface area contributed by atoms with Gasteiger partial charge >= 0.3 is 0 Å². The van der Waals surface area contributed by atoms with Crippen LogP contribution in [0.4, 0.5) is 5.69 Å². The Hall–Kier alpha value is -2.74. The summed E-state index contributed by atoms with van der Waals surface area (Å²) >= 11 is 0. The Morgan fingerprint density at radius 1 is 0.792 bits per heavy atom. The minimum Gasteiger partial charge on any atom is -0.489 e. The fraction of sp³-hybridized carbons (Fsp3) is 0.182. The molecule has 0 radical (unpaired) electrons. The molecule has 3 rings (SSSR count). The molecule has 0 spiro atoms. The number of hydrogen-bond donors (Lipinski definition) is 1. The van der Waals surface area contributed by atoms with E-state index in [9.17, 15) is 0 Å². The third-order valence-corrected chi connectivity index (χ3v) is 4.20. The highest BCUT2D eigenvalue weighted by molar-refractivity contribution is 5.49. The van der Waals surface area contributed by atoms with E-state index in [1.54, 1.807) is 0 Å². The van der Waals surface area contributed by atoms with E-state index >= 15 is 0 Å². The van der Waals surface area contributed by atoms with Crippen LogP contribution >= 0.6 is 0 Å². The van der Waals surface area contributed by atoms with Crippen molar-refractivity contribution in [2.45, 2.75) is 27.0 Å². The van der Waals surface area contributed by atoms with Gasteiger partial charge < -0.3 is 10.1 Å². The van der Waals surface area contributed by atoms with Gasteiger partial charge in [0, 0.05) is 17.8 Å². The normalized spacial score (nSPS) is 10.4. The van der Waals surface area contributed by atoms with Gasteiger partial charge in [0.25, 0.3) is 0 Å². The van der Waals surface area contributed by atoms with Crippen molar-refractivity contribution in [2.75, 3.05) is 5.32 Å². The zero-order valence-electron chi connectivity index (χ0n) is 14.3. The molecule has 24 heavy (non-hydrogen) atoms. The smallest absolute Gasteiger partial charge is 0.124 e. The molecule has 0 bridgehead atoms. The number of aryl methyl sites for hydroxylation is 2. The molecule has 0 aliphatic heterocycles. The third-order valence-electron chi connectivity index (χ3n) is 4.20. The molecule has 3 aromatic rings. The Bertz CT molecular complexity index is 796. The Balaban J connectivity index is 1.66. The molecule has 0 aliphatic rings. The van der Waals surface area contributed by atoms with E-state index in [2.05, 4.69) is 55.6 Å². The number of rotatable bonds is 6. The second kappa shape index (κ2) is 7.69. The summed E-state index contributed by atoms with van der Waals surface area (Å²) in [6.07, 6.45) is 0. The fourth-order valence-electron chi connectivity index (χ4n) is 2.57. The molecular formula is C22H23NO. The van der Waals surface area contributed by atoms with Crippen molar-refractivity contribution >= 4 is 5.69 Å². The summed E-state index contributed by atoms with van der Waals surface area (Å²) in [6.45, 7) is 5.60. The van der Waals surface area contributed by atoms with Crippen LogP contribution in [0.25, 0.3) is 0 Å². The van der Waals surface area contributed by atoms with Crippen LogP contribution in [0.2, 0.25) is 0 Å².